The van der Waals surface area contributed by atoms with Gasteiger partial charge in [-0.25, -0.2) is 0 Å². The van der Waals surface area contributed by atoms with E-state index in [4.69, 9.17) is 11.5 Å². The van der Waals surface area contributed by atoms with Gasteiger partial charge in [0, 0.05) is 11.4 Å². The largest absolute Gasteiger partial charge is 0.399 e. The highest BCUT2D eigenvalue weighted by Crippen LogP contribution is 2.30. The predicted octanol–water partition coefficient (Wildman–Crippen LogP) is 5.44. The van der Waals surface area contributed by atoms with E-state index in [1.807, 2.05) is 18.2 Å². The molecule has 1 aromatic rings. The summed E-state index contributed by atoms with van der Waals surface area (Å²) < 4.78 is 0. The number of anilines is 2. The topological polar surface area (TPSA) is 52.0 Å². The molecule has 0 heterocycles. The van der Waals surface area contributed by atoms with Gasteiger partial charge in [-0.3, -0.25) is 0 Å². The lowest BCUT2D eigenvalue weighted by molar-refractivity contribution is 0.335. The van der Waals surface area contributed by atoms with Crippen molar-refractivity contribution in [3.8, 4) is 0 Å². The van der Waals surface area contributed by atoms with Crippen LogP contribution in [0.5, 0.6) is 0 Å². The standard InChI is InChI=1S/C19H34N2/c1-13(2)10-15(4)11-14(3)6-7-16(5)18-12-17(20)8-9-19(18)21/h8-9,12-16H,6-7,10-11,20-21H2,1-5H3. The maximum Gasteiger partial charge on any atom is 0.0350 e. The third-order valence-electron chi connectivity index (χ3n) is 4.41. The molecule has 0 saturated heterocycles. The van der Waals surface area contributed by atoms with E-state index in [-0.39, 0.29) is 0 Å². The average Bonchev–Trinajstić information content (AvgIpc) is 2.37. The second kappa shape index (κ2) is 8.31. The minimum atomic E-state index is 0.483. The fourth-order valence-electron chi connectivity index (χ4n) is 3.42. The van der Waals surface area contributed by atoms with Crippen molar-refractivity contribution in [1.29, 1.82) is 0 Å². The first-order valence-corrected chi connectivity index (χ1v) is 8.44. The van der Waals surface area contributed by atoms with Crippen molar-refractivity contribution in [3.63, 3.8) is 0 Å². The maximum absolute atomic E-state index is 6.08. The SMILES string of the molecule is CC(C)CC(C)CC(C)CCC(C)c1cc(N)ccc1N. The van der Waals surface area contributed by atoms with Gasteiger partial charge in [-0.1, -0.05) is 41.0 Å². The van der Waals surface area contributed by atoms with Gasteiger partial charge in [0.2, 0.25) is 0 Å². The Morgan fingerprint density at radius 1 is 0.857 bits per heavy atom. The second-order valence-electron chi connectivity index (χ2n) is 7.44. The van der Waals surface area contributed by atoms with Crippen LogP contribution < -0.4 is 11.5 Å². The minimum absolute atomic E-state index is 0.483. The van der Waals surface area contributed by atoms with E-state index in [1.54, 1.807) is 0 Å². The van der Waals surface area contributed by atoms with Gasteiger partial charge in [0.25, 0.3) is 0 Å². The summed E-state index contributed by atoms with van der Waals surface area (Å²) in [4.78, 5) is 0. The molecule has 0 fully saturated rings. The van der Waals surface area contributed by atoms with E-state index in [2.05, 4.69) is 34.6 Å². The molecule has 0 amide bonds. The highest BCUT2D eigenvalue weighted by Gasteiger charge is 2.14. The third-order valence-corrected chi connectivity index (χ3v) is 4.41. The first kappa shape index (κ1) is 17.9. The molecule has 0 spiro atoms. The molecule has 0 aromatic heterocycles. The lowest BCUT2D eigenvalue weighted by atomic mass is 9.85. The second-order valence-corrected chi connectivity index (χ2v) is 7.44. The van der Waals surface area contributed by atoms with E-state index in [1.165, 1.54) is 31.2 Å². The Morgan fingerprint density at radius 2 is 1.52 bits per heavy atom. The molecule has 0 aliphatic rings. The van der Waals surface area contributed by atoms with E-state index in [9.17, 15) is 0 Å². The van der Waals surface area contributed by atoms with Crippen molar-refractivity contribution in [1.82, 2.24) is 0 Å². The molecular weight excluding hydrogens is 256 g/mol. The van der Waals surface area contributed by atoms with Gasteiger partial charge in [0.1, 0.15) is 0 Å². The molecule has 0 bridgehead atoms. The molecule has 1 aromatic carbocycles. The van der Waals surface area contributed by atoms with Crippen molar-refractivity contribution in [2.24, 2.45) is 17.8 Å². The van der Waals surface area contributed by atoms with Crippen LogP contribution in [0.1, 0.15) is 71.8 Å². The molecule has 1 rings (SSSR count). The fraction of sp³-hybridized carbons (Fsp3) is 0.684. The van der Waals surface area contributed by atoms with Crippen LogP contribution in [0.25, 0.3) is 0 Å². The monoisotopic (exact) mass is 290 g/mol. The summed E-state index contributed by atoms with van der Waals surface area (Å²) in [6.07, 6.45) is 5.11. The Kier molecular flexibility index (Phi) is 7.07. The highest BCUT2D eigenvalue weighted by atomic mass is 14.6. The molecule has 2 heteroatoms. The zero-order valence-electron chi connectivity index (χ0n) is 14.5. The molecule has 0 aliphatic heterocycles. The number of nitrogens with two attached hydrogens (primary N) is 2. The smallest absolute Gasteiger partial charge is 0.0350 e. The molecule has 21 heavy (non-hydrogen) atoms. The van der Waals surface area contributed by atoms with Gasteiger partial charge in [-0.2, -0.15) is 0 Å². The van der Waals surface area contributed by atoms with Crippen molar-refractivity contribution < 1.29 is 0 Å². The first-order chi connectivity index (χ1) is 9.79. The van der Waals surface area contributed by atoms with Crippen molar-refractivity contribution in [2.45, 2.75) is 66.2 Å². The van der Waals surface area contributed by atoms with E-state index in [0.29, 0.717) is 5.92 Å². The van der Waals surface area contributed by atoms with Crippen molar-refractivity contribution >= 4 is 11.4 Å². The summed E-state index contributed by atoms with van der Waals surface area (Å²) in [5.41, 5.74) is 14.8. The minimum Gasteiger partial charge on any atom is -0.399 e. The van der Waals surface area contributed by atoms with Gasteiger partial charge < -0.3 is 11.5 Å². The van der Waals surface area contributed by atoms with Crippen LogP contribution in [0.4, 0.5) is 11.4 Å². The number of hydrogen-bond acceptors (Lipinski definition) is 2. The van der Waals surface area contributed by atoms with E-state index in [0.717, 1.165) is 29.1 Å². The van der Waals surface area contributed by atoms with Crippen LogP contribution in [0.15, 0.2) is 18.2 Å². The first-order valence-electron chi connectivity index (χ1n) is 8.44. The Balaban J connectivity index is 2.45. The number of nitrogen functional groups attached to an aromatic ring is 2. The lowest BCUT2D eigenvalue weighted by Gasteiger charge is -2.21. The zero-order chi connectivity index (χ0) is 16.0. The van der Waals surface area contributed by atoms with Crippen LogP contribution in [-0.2, 0) is 0 Å². The molecule has 3 atom stereocenters. The van der Waals surface area contributed by atoms with Gasteiger partial charge in [-0.15, -0.1) is 0 Å². The quantitative estimate of drug-likeness (QED) is 0.626. The molecule has 0 radical (unpaired) electrons. The molecule has 0 aliphatic carbocycles. The Morgan fingerprint density at radius 3 is 2.14 bits per heavy atom. The summed E-state index contributed by atoms with van der Waals surface area (Å²) in [6, 6.07) is 5.84. The number of hydrogen-bond donors (Lipinski definition) is 2. The van der Waals surface area contributed by atoms with Gasteiger partial charge in [0.15, 0.2) is 0 Å². The normalized spacial score (nSPS) is 15.9. The summed E-state index contributed by atoms with van der Waals surface area (Å²) in [7, 11) is 0. The Hall–Kier alpha value is -1.18. The van der Waals surface area contributed by atoms with Crippen molar-refractivity contribution in [3.05, 3.63) is 23.8 Å². The summed E-state index contributed by atoms with van der Waals surface area (Å²) in [6.45, 7) is 11.6. The van der Waals surface area contributed by atoms with Gasteiger partial charge >= 0.3 is 0 Å². The molecular formula is C19H34N2. The molecule has 0 saturated carbocycles. The van der Waals surface area contributed by atoms with Gasteiger partial charge in [-0.05, 0) is 66.7 Å². The maximum atomic E-state index is 6.08. The number of benzene rings is 1. The van der Waals surface area contributed by atoms with Crippen LogP contribution in [0.3, 0.4) is 0 Å². The third kappa shape index (κ3) is 6.41. The Labute approximate surface area is 131 Å². The molecule has 120 valence electrons. The molecule has 3 unspecified atom stereocenters. The summed E-state index contributed by atoms with van der Waals surface area (Å²) >= 11 is 0. The van der Waals surface area contributed by atoms with Crippen LogP contribution in [-0.4, -0.2) is 0 Å². The van der Waals surface area contributed by atoms with Gasteiger partial charge in [0.05, 0.1) is 0 Å². The lowest BCUT2D eigenvalue weighted by Crippen LogP contribution is -2.08. The van der Waals surface area contributed by atoms with Crippen LogP contribution in [0.2, 0.25) is 0 Å². The van der Waals surface area contributed by atoms with Crippen LogP contribution in [0, 0.1) is 17.8 Å². The fourth-order valence-corrected chi connectivity index (χ4v) is 3.42. The zero-order valence-corrected chi connectivity index (χ0v) is 14.5. The van der Waals surface area contributed by atoms with E-state index < -0.39 is 0 Å². The van der Waals surface area contributed by atoms with E-state index >= 15 is 0 Å². The highest BCUT2D eigenvalue weighted by molar-refractivity contribution is 5.56. The van der Waals surface area contributed by atoms with Crippen molar-refractivity contribution in [2.75, 3.05) is 11.5 Å². The summed E-state index contributed by atoms with van der Waals surface area (Å²) in [5, 5.41) is 0. The predicted molar refractivity (Wildman–Crippen MR) is 95.3 cm³/mol. The Bertz CT molecular complexity index is 426. The summed E-state index contributed by atoms with van der Waals surface area (Å²) in [5.74, 6) is 2.89. The molecule has 2 nitrogen and oxygen atoms in total. The average molecular weight is 290 g/mol. The van der Waals surface area contributed by atoms with Crippen LogP contribution >= 0.6 is 0 Å². The number of rotatable bonds is 8. The molecule has 4 N–H and O–H groups in total.